The molecule has 0 bridgehead atoms. The van der Waals surface area contributed by atoms with E-state index in [9.17, 15) is 14.0 Å². The summed E-state index contributed by atoms with van der Waals surface area (Å²) in [5, 5.41) is 5.70. The van der Waals surface area contributed by atoms with Crippen LogP contribution in [0.1, 0.15) is 42.2 Å². The predicted octanol–water partition coefficient (Wildman–Crippen LogP) is 3.92. The van der Waals surface area contributed by atoms with E-state index in [0.717, 1.165) is 6.42 Å². The number of rotatable bonds is 6. The fraction of sp³-hybridized carbons (Fsp3) is 0.333. The molecule has 27 heavy (non-hydrogen) atoms. The molecule has 0 spiro atoms. The van der Waals surface area contributed by atoms with Gasteiger partial charge in [-0.1, -0.05) is 13.0 Å². The summed E-state index contributed by atoms with van der Waals surface area (Å²) in [5.74, 6) is -0.0167. The Balaban J connectivity index is 1.60. The summed E-state index contributed by atoms with van der Waals surface area (Å²) in [7, 11) is 1.40. The number of hydrogen-bond acceptors (Lipinski definition) is 3. The SMILES string of the molecule is COc1ccc(C(C)NC(=O)c2ccc(NC(=O)C3CC3C)cc2)cc1F. The fourth-order valence-corrected chi connectivity index (χ4v) is 2.94. The first kappa shape index (κ1) is 18.9. The van der Waals surface area contributed by atoms with Gasteiger partial charge in [-0.15, -0.1) is 0 Å². The minimum Gasteiger partial charge on any atom is -0.494 e. The maximum absolute atomic E-state index is 13.8. The Kier molecular flexibility index (Phi) is 5.44. The zero-order chi connectivity index (χ0) is 19.6. The molecule has 3 unspecified atom stereocenters. The predicted molar refractivity (Wildman–Crippen MR) is 101 cm³/mol. The smallest absolute Gasteiger partial charge is 0.251 e. The summed E-state index contributed by atoms with van der Waals surface area (Å²) in [6.07, 6.45) is 0.927. The second-order valence-electron chi connectivity index (χ2n) is 6.98. The standard InChI is InChI=1S/C21H23FN2O3/c1-12-10-17(12)21(26)24-16-7-4-14(5-8-16)20(25)23-13(2)15-6-9-19(27-3)18(22)11-15/h4-9,11-13,17H,10H2,1-3H3,(H,23,25)(H,24,26). The second kappa shape index (κ2) is 7.78. The second-order valence-corrected chi connectivity index (χ2v) is 6.98. The van der Waals surface area contributed by atoms with E-state index in [1.54, 1.807) is 37.3 Å². The van der Waals surface area contributed by atoms with Crippen molar-refractivity contribution in [1.29, 1.82) is 0 Å². The lowest BCUT2D eigenvalue weighted by Crippen LogP contribution is -2.26. The number of carbonyl (C=O) groups is 2. The van der Waals surface area contributed by atoms with Crippen molar-refractivity contribution in [3.8, 4) is 5.75 Å². The van der Waals surface area contributed by atoms with Gasteiger partial charge >= 0.3 is 0 Å². The summed E-state index contributed by atoms with van der Waals surface area (Å²) >= 11 is 0. The van der Waals surface area contributed by atoms with E-state index in [1.807, 2.05) is 6.92 Å². The van der Waals surface area contributed by atoms with Crippen LogP contribution in [0.3, 0.4) is 0 Å². The summed E-state index contributed by atoms with van der Waals surface area (Å²) in [6.45, 7) is 3.83. The van der Waals surface area contributed by atoms with E-state index < -0.39 is 5.82 Å². The van der Waals surface area contributed by atoms with Crippen LogP contribution in [-0.4, -0.2) is 18.9 Å². The van der Waals surface area contributed by atoms with Crippen molar-refractivity contribution in [3.05, 3.63) is 59.4 Å². The van der Waals surface area contributed by atoms with E-state index in [-0.39, 0.29) is 29.5 Å². The highest BCUT2D eigenvalue weighted by Gasteiger charge is 2.39. The fourth-order valence-electron chi connectivity index (χ4n) is 2.94. The van der Waals surface area contributed by atoms with E-state index in [0.29, 0.717) is 22.7 Å². The van der Waals surface area contributed by atoms with Gasteiger partial charge in [0.05, 0.1) is 13.2 Å². The highest BCUT2D eigenvalue weighted by atomic mass is 19.1. The minimum atomic E-state index is -0.471. The molecular weight excluding hydrogens is 347 g/mol. The molecule has 1 fully saturated rings. The van der Waals surface area contributed by atoms with Crippen molar-refractivity contribution in [1.82, 2.24) is 5.32 Å². The number of amides is 2. The van der Waals surface area contributed by atoms with E-state index >= 15 is 0 Å². The van der Waals surface area contributed by atoms with Crippen LogP contribution in [0, 0.1) is 17.7 Å². The molecule has 5 nitrogen and oxygen atoms in total. The van der Waals surface area contributed by atoms with E-state index in [4.69, 9.17) is 4.74 Å². The van der Waals surface area contributed by atoms with Gasteiger partial charge in [0.25, 0.3) is 5.91 Å². The Hall–Kier alpha value is -2.89. The Morgan fingerprint density at radius 1 is 1.19 bits per heavy atom. The largest absolute Gasteiger partial charge is 0.494 e. The van der Waals surface area contributed by atoms with Gasteiger partial charge in [0, 0.05) is 17.2 Å². The van der Waals surface area contributed by atoms with Crippen LogP contribution in [0.25, 0.3) is 0 Å². The lowest BCUT2D eigenvalue weighted by Gasteiger charge is -2.15. The average Bonchev–Trinajstić information content (AvgIpc) is 3.39. The number of carbonyl (C=O) groups excluding carboxylic acids is 2. The van der Waals surface area contributed by atoms with Crippen LogP contribution in [0.15, 0.2) is 42.5 Å². The molecule has 0 heterocycles. The number of benzene rings is 2. The monoisotopic (exact) mass is 370 g/mol. The van der Waals surface area contributed by atoms with Gasteiger partial charge in [-0.3, -0.25) is 9.59 Å². The number of ether oxygens (including phenoxy) is 1. The number of anilines is 1. The molecule has 142 valence electrons. The van der Waals surface area contributed by atoms with Gasteiger partial charge < -0.3 is 15.4 Å². The molecule has 1 aliphatic rings. The Bertz CT molecular complexity index is 851. The Morgan fingerprint density at radius 2 is 1.85 bits per heavy atom. The molecule has 0 saturated heterocycles. The molecule has 1 aliphatic carbocycles. The number of hydrogen-bond donors (Lipinski definition) is 2. The third-order valence-corrected chi connectivity index (χ3v) is 4.88. The van der Waals surface area contributed by atoms with E-state index in [2.05, 4.69) is 10.6 Å². The van der Waals surface area contributed by atoms with Crippen molar-refractivity contribution in [2.45, 2.75) is 26.3 Å². The molecule has 2 amide bonds. The molecule has 2 aromatic rings. The van der Waals surface area contributed by atoms with Crippen molar-refractivity contribution in [3.63, 3.8) is 0 Å². The topological polar surface area (TPSA) is 67.4 Å². The van der Waals surface area contributed by atoms with Crippen LogP contribution >= 0.6 is 0 Å². The summed E-state index contributed by atoms with van der Waals surface area (Å²) in [6, 6.07) is 10.9. The highest BCUT2D eigenvalue weighted by molar-refractivity contribution is 5.97. The summed E-state index contributed by atoms with van der Waals surface area (Å²) in [4.78, 5) is 24.4. The lowest BCUT2D eigenvalue weighted by molar-refractivity contribution is -0.117. The molecule has 3 atom stereocenters. The third kappa shape index (κ3) is 4.45. The number of halogens is 1. The van der Waals surface area contributed by atoms with Crippen molar-refractivity contribution < 1.29 is 18.7 Å². The van der Waals surface area contributed by atoms with Gasteiger partial charge in [0.1, 0.15) is 0 Å². The van der Waals surface area contributed by atoms with Gasteiger partial charge in [-0.2, -0.15) is 0 Å². The van der Waals surface area contributed by atoms with Crippen LogP contribution in [-0.2, 0) is 4.79 Å². The Morgan fingerprint density at radius 3 is 2.41 bits per heavy atom. The van der Waals surface area contributed by atoms with Gasteiger partial charge in [0.15, 0.2) is 11.6 Å². The van der Waals surface area contributed by atoms with E-state index in [1.165, 1.54) is 19.2 Å². The zero-order valence-electron chi connectivity index (χ0n) is 15.6. The highest BCUT2D eigenvalue weighted by Crippen LogP contribution is 2.38. The molecule has 0 radical (unpaired) electrons. The average molecular weight is 370 g/mol. The maximum Gasteiger partial charge on any atom is 0.251 e. The first-order chi connectivity index (χ1) is 12.9. The number of nitrogens with one attached hydrogen (secondary N) is 2. The summed E-state index contributed by atoms with van der Waals surface area (Å²) < 4.78 is 18.7. The molecule has 2 aromatic carbocycles. The molecule has 6 heteroatoms. The molecule has 3 rings (SSSR count). The van der Waals surface area contributed by atoms with Crippen molar-refractivity contribution >= 4 is 17.5 Å². The zero-order valence-corrected chi connectivity index (χ0v) is 15.6. The first-order valence-electron chi connectivity index (χ1n) is 8.94. The van der Waals surface area contributed by atoms with Gasteiger partial charge in [-0.05, 0) is 61.2 Å². The number of methoxy groups -OCH3 is 1. The normalized spacial score (nSPS) is 19.1. The van der Waals surface area contributed by atoms with Crippen LogP contribution in [0.4, 0.5) is 10.1 Å². The Labute approximate surface area is 157 Å². The van der Waals surface area contributed by atoms with Crippen LogP contribution < -0.4 is 15.4 Å². The summed E-state index contributed by atoms with van der Waals surface area (Å²) in [5.41, 5.74) is 1.78. The van der Waals surface area contributed by atoms with Gasteiger partial charge in [-0.25, -0.2) is 4.39 Å². The van der Waals surface area contributed by atoms with Crippen LogP contribution in [0.2, 0.25) is 0 Å². The molecule has 0 aliphatic heterocycles. The third-order valence-electron chi connectivity index (χ3n) is 4.88. The van der Waals surface area contributed by atoms with Crippen molar-refractivity contribution in [2.75, 3.05) is 12.4 Å². The molecule has 2 N–H and O–H groups in total. The molecular formula is C21H23FN2O3. The first-order valence-corrected chi connectivity index (χ1v) is 8.94. The molecule has 0 aromatic heterocycles. The van der Waals surface area contributed by atoms with Crippen LogP contribution in [0.5, 0.6) is 5.75 Å². The van der Waals surface area contributed by atoms with Gasteiger partial charge in [0.2, 0.25) is 5.91 Å². The maximum atomic E-state index is 13.8. The molecule has 1 saturated carbocycles. The quantitative estimate of drug-likeness (QED) is 0.810. The lowest BCUT2D eigenvalue weighted by atomic mass is 10.1. The van der Waals surface area contributed by atoms with Crippen molar-refractivity contribution in [2.24, 2.45) is 11.8 Å². The minimum absolute atomic E-state index is 0.0230.